The van der Waals surface area contributed by atoms with Gasteiger partial charge in [0.05, 0.1) is 6.54 Å². The minimum absolute atomic E-state index is 0. The maximum atomic E-state index is 12.2. The lowest BCUT2D eigenvalue weighted by Gasteiger charge is -2.24. The SMILES string of the molecule is CN=C(NCc1ccc(S(=O)(=O)N(C)C)s1)NC1CCN(C2CCCC2)C1.I. The molecule has 1 aromatic rings. The molecule has 1 aromatic heterocycles. The predicted octanol–water partition coefficient (Wildman–Crippen LogP) is 2.30. The molecule has 2 aliphatic rings. The van der Waals surface area contributed by atoms with E-state index in [1.54, 1.807) is 27.2 Å². The van der Waals surface area contributed by atoms with Gasteiger partial charge >= 0.3 is 0 Å². The number of rotatable bonds is 6. The third-order valence-electron chi connectivity index (χ3n) is 5.43. The highest BCUT2D eigenvalue weighted by Crippen LogP contribution is 2.26. The number of sulfonamides is 1. The molecule has 0 amide bonds. The fourth-order valence-corrected chi connectivity index (χ4v) is 6.30. The summed E-state index contributed by atoms with van der Waals surface area (Å²) >= 11 is 1.30. The van der Waals surface area contributed by atoms with Crippen molar-refractivity contribution in [3.05, 3.63) is 17.0 Å². The Morgan fingerprint density at radius 3 is 2.64 bits per heavy atom. The summed E-state index contributed by atoms with van der Waals surface area (Å²) in [6, 6.07) is 4.72. The van der Waals surface area contributed by atoms with Crippen molar-refractivity contribution in [3.63, 3.8) is 0 Å². The normalized spacial score (nSPS) is 21.9. The molecule has 1 aliphatic carbocycles. The van der Waals surface area contributed by atoms with Gasteiger partial charge in [-0.1, -0.05) is 12.8 Å². The highest BCUT2D eigenvalue weighted by Gasteiger charge is 2.30. The first-order valence-corrected chi connectivity index (χ1v) is 11.9. The molecule has 1 aliphatic heterocycles. The lowest BCUT2D eigenvalue weighted by Crippen LogP contribution is -2.44. The molecule has 28 heavy (non-hydrogen) atoms. The molecule has 2 heterocycles. The van der Waals surface area contributed by atoms with Gasteiger partial charge in [-0.2, -0.15) is 0 Å². The van der Waals surface area contributed by atoms with Gasteiger partial charge in [-0.05, 0) is 31.4 Å². The Kier molecular flexibility index (Phi) is 8.99. The Bertz CT molecular complexity index is 760. The van der Waals surface area contributed by atoms with Crippen LogP contribution in [0.5, 0.6) is 0 Å². The molecule has 160 valence electrons. The van der Waals surface area contributed by atoms with E-state index in [0.29, 0.717) is 16.8 Å². The quantitative estimate of drug-likeness (QED) is 0.329. The number of thiophene rings is 1. The number of aliphatic imine (C=N–C) groups is 1. The Balaban J connectivity index is 0.00000280. The molecule has 0 aromatic carbocycles. The van der Waals surface area contributed by atoms with Crippen LogP contribution in [0.25, 0.3) is 0 Å². The van der Waals surface area contributed by atoms with E-state index >= 15 is 0 Å². The van der Waals surface area contributed by atoms with Gasteiger partial charge < -0.3 is 10.6 Å². The third kappa shape index (κ3) is 5.80. The van der Waals surface area contributed by atoms with Gasteiger partial charge in [0.25, 0.3) is 10.0 Å². The molecule has 7 nitrogen and oxygen atoms in total. The predicted molar refractivity (Wildman–Crippen MR) is 126 cm³/mol. The summed E-state index contributed by atoms with van der Waals surface area (Å²) in [7, 11) is 1.51. The number of nitrogens with zero attached hydrogens (tertiary/aromatic N) is 3. The first-order chi connectivity index (χ1) is 12.9. The van der Waals surface area contributed by atoms with E-state index < -0.39 is 10.0 Å². The second kappa shape index (κ2) is 10.6. The van der Waals surface area contributed by atoms with Crippen molar-refractivity contribution in [1.82, 2.24) is 19.8 Å². The minimum atomic E-state index is -3.36. The van der Waals surface area contributed by atoms with Crippen molar-refractivity contribution < 1.29 is 8.42 Å². The summed E-state index contributed by atoms with van der Waals surface area (Å²) in [5, 5.41) is 6.83. The van der Waals surface area contributed by atoms with Gasteiger partial charge in [-0.15, -0.1) is 35.3 Å². The van der Waals surface area contributed by atoms with Crippen LogP contribution in [0.2, 0.25) is 0 Å². The molecule has 0 radical (unpaired) electrons. The highest BCUT2D eigenvalue weighted by atomic mass is 127. The highest BCUT2D eigenvalue weighted by molar-refractivity contribution is 14.0. The Morgan fingerprint density at radius 2 is 2.00 bits per heavy atom. The van der Waals surface area contributed by atoms with Crippen LogP contribution in [0.1, 0.15) is 37.0 Å². The van der Waals surface area contributed by atoms with Crippen LogP contribution < -0.4 is 10.6 Å². The summed E-state index contributed by atoms with van der Waals surface area (Å²) in [5.41, 5.74) is 0. The molecule has 0 spiro atoms. The van der Waals surface area contributed by atoms with Gasteiger partial charge in [0.15, 0.2) is 5.96 Å². The van der Waals surface area contributed by atoms with E-state index in [1.807, 2.05) is 6.07 Å². The monoisotopic (exact) mass is 541 g/mol. The average Bonchev–Trinajstić information content (AvgIpc) is 3.39. The van der Waals surface area contributed by atoms with Gasteiger partial charge in [0.2, 0.25) is 0 Å². The standard InChI is InChI=1S/C18H31N5O2S2.HI/c1-19-18(21-14-10-11-23(13-14)15-6-4-5-7-15)20-12-16-8-9-17(26-16)27(24,25)22(2)3;/h8-9,14-15H,4-7,10-13H2,1-3H3,(H2,19,20,21);1H. The largest absolute Gasteiger partial charge is 0.352 e. The van der Waals surface area contributed by atoms with Gasteiger partial charge in [-0.3, -0.25) is 9.89 Å². The number of halogens is 1. The zero-order chi connectivity index (χ0) is 19.4. The molecule has 1 unspecified atom stereocenters. The second-order valence-corrected chi connectivity index (χ2v) is 11.0. The van der Waals surface area contributed by atoms with Crippen molar-refractivity contribution in [2.24, 2.45) is 4.99 Å². The lowest BCUT2D eigenvalue weighted by molar-refractivity contribution is 0.242. The zero-order valence-corrected chi connectivity index (χ0v) is 20.8. The molecule has 1 atom stereocenters. The van der Waals surface area contributed by atoms with Crippen molar-refractivity contribution in [2.45, 2.75) is 54.9 Å². The van der Waals surface area contributed by atoms with Crippen LogP contribution >= 0.6 is 35.3 Å². The van der Waals surface area contributed by atoms with Crippen LogP contribution in [0.3, 0.4) is 0 Å². The third-order valence-corrected chi connectivity index (χ3v) is 8.79. The van der Waals surface area contributed by atoms with Crippen LogP contribution in [0.15, 0.2) is 21.3 Å². The summed E-state index contributed by atoms with van der Waals surface area (Å²) < 4.78 is 26.0. The average molecular weight is 542 g/mol. The van der Waals surface area contributed by atoms with Crippen molar-refractivity contribution in [3.8, 4) is 0 Å². The van der Waals surface area contributed by atoms with E-state index in [0.717, 1.165) is 36.4 Å². The first-order valence-electron chi connectivity index (χ1n) is 9.62. The van der Waals surface area contributed by atoms with Crippen LogP contribution in [-0.2, 0) is 16.6 Å². The lowest BCUT2D eigenvalue weighted by atomic mass is 10.2. The van der Waals surface area contributed by atoms with Gasteiger partial charge in [0.1, 0.15) is 4.21 Å². The summed E-state index contributed by atoms with van der Waals surface area (Å²) in [6.45, 7) is 2.80. The van der Waals surface area contributed by atoms with Crippen LogP contribution in [-0.4, -0.2) is 69.9 Å². The Morgan fingerprint density at radius 1 is 1.29 bits per heavy atom. The number of guanidine groups is 1. The zero-order valence-electron chi connectivity index (χ0n) is 16.8. The van der Waals surface area contributed by atoms with E-state index in [9.17, 15) is 8.42 Å². The maximum Gasteiger partial charge on any atom is 0.252 e. The molecule has 3 rings (SSSR count). The van der Waals surface area contributed by atoms with Gasteiger partial charge in [0, 0.05) is 51.2 Å². The first kappa shape index (κ1) is 23.8. The topological polar surface area (TPSA) is 77.0 Å². The smallest absolute Gasteiger partial charge is 0.252 e. The Labute approximate surface area is 190 Å². The fourth-order valence-electron chi connectivity index (χ4n) is 3.84. The number of hydrogen-bond acceptors (Lipinski definition) is 5. The van der Waals surface area contributed by atoms with Gasteiger partial charge in [-0.25, -0.2) is 12.7 Å². The van der Waals surface area contributed by atoms with Crippen molar-refractivity contribution in [2.75, 3.05) is 34.2 Å². The maximum absolute atomic E-state index is 12.2. The van der Waals surface area contributed by atoms with Crippen LogP contribution in [0, 0.1) is 0 Å². The minimum Gasteiger partial charge on any atom is -0.352 e. The molecule has 10 heteroatoms. The summed E-state index contributed by atoms with van der Waals surface area (Å²) in [5.74, 6) is 0.777. The van der Waals surface area contributed by atoms with Crippen LogP contribution in [0.4, 0.5) is 0 Å². The molecular weight excluding hydrogens is 509 g/mol. The van der Waals surface area contributed by atoms with E-state index in [1.165, 1.54) is 41.3 Å². The second-order valence-electron chi connectivity index (χ2n) is 7.50. The Hall–Kier alpha value is -0.430. The number of likely N-dealkylation sites (tertiary alicyclic amines) is 1. The summed E-state index contributed by atoms with van der Waals surface area (Å²) in [6.07, 6.45) is 6.57. The van der Waals surface area contributed by atoms with E-state index in [2.05, 4.69) is 20.5 Å². The van der Waals surface area contributed by atoms with E-state index in [4.69, 9.17) is 0 Å². The number of hydrogen-bond donors (Lipinski definition) is 2. The summed E-state index contributed by atoms with van der Waals surface area (Å²) in [4.78, 5) is 7.92. The molecule has 2 fully saturated rings. The molecule has 0 bridgehead atoms. The molecule has 2 N–H and O–H groups in total. The van der Waals surface area contributed by atoms with Crippen molar-refractivity contribution >= 4 is 51.3 Å². The molecule has 1 saturated heterocycles. The van der Waals surface area contributed by atoms with E-state index in [-0.39, 0.29) is 24.0 Å². The van der Waals surface area contributed by atoms with Crippen molar-refractivity contribution in [1.29, 1.82) is 0 Å². The fraction of sp³-hybridized carbons (Fsp3) is 0.722. The molecule has 1 saturated carbocycles. The number of nitrogens with one attached hydrogen (secondary N) is 2. The molecular formula is C18H32IN5O2S2.